The Morgan fingerprint density at radius 2 is 2.12 bits per heavy atom. The van der Waals surface area contributed by atoms with E-state index in [0.717, 1.165) is 5.56 Å². The number of methoxy groups -OCH3 is 1. The van der Waals surface area contributed by atoms with Crippen LogP contribution >= 0.6 is 11.6 Å². The molecule has 0 saturated heterocycles. The first-order valence-electron chi connectivity index (χ1n) is 7.25. The summed E-state index contributed by atoms with van der Waals surface area (Å²) >= 11 is 6.14. The fourth-order valence-corrected chi connectivity index (χ4v) is 2.39. The number of hydrogen-bond acceptors (Lipinski definition) is 4. The Kier molecular flexibility index (Phi) is 4.93. The number of halogens is 1. The molecule has 0 saturated carbocycles. The van der Waals surface area contributed by atoms with Gasteiger partial charge >= 0.3 is 0 Å². The number of hydrogen-bond donors (Lipinski definition) is 1. The molecular formula is C16H16ClN5O2. The number of benzene rings is 1. The molecular weight excluding hydrogens is 330 g/mol. The molecule has 0 bridgehead atoms. The van der Waals surface area contributed by atoms with Crippen molar-refractivity contribution >= 4 is 23.2 Å². The van der Waals surface area contributed by atoms with E-state index < -0.39 is 0 Å². The van der Waals surface area contributed by atoms with Crippen LogP contribution in [0.15, 0.2) is 48.9 Å². The Hall–Kier alpha value is -2.64. The molecule has 3 aromatic rings. The fourth-order valence-electron chi connectivity index (χ4n) is 2.20. The second-order valence-corrected chi connectivity index (χ2v) is 5.54. The zero-order chi connectivity index (χ0) is 16.9. The SMILES string of the molecule is COCn1ccc(C(=O)Nc2cnn(Cc3ccccc3Cl)c2)n1. The highest BCUT2D eigenvalue weighted by Crippen LogP contribution is 2.17. The van der Waals surface area contributed by atoms with Gasteiger partial charge < -0.3 is 10.1 Å². The van der Waals surface area contributed by atoms with E-state index in [4.69, 9.17) is 16.3 Å². The van der Waals surface area contributed by atoms with Crippen LogP contribution in [0.4, 0.5) is 5.69 Å². The molecule has 1 amide bonds. The molecule has 0 aliphatic rings. The number of amides is 1. The van der Waals surface area contributed by atoms with Crippen LogP contribution in [-0.4, -0.2) is 32.6 Å². The van der Waals surface area contributed by atoms with Gasteiger partial charge in [0.25, 0.3) is 5.91 Å². The molecule has 0 atom stereocenters. The van der Waals surface area contributed by atoms with Crippen molar-refractivity contribution in [1.82, 2.24) is 19.6 Å². The molecule has 0 aliphatic heterocycles. The van der Waals surface area contributed by atoms with Crippen LogP contribution in [0.3, 0.4) is 0 Å². The monoisotopic (exact) mass is 345 g/mol. The third kappa shape index (κ3) is 3.81. The van der Waals surface area contributed by atoms with Crippen LogP contribution in [0.5, 0.6) is 0 Å². The van der Waals surface area contributed by atoms with Crippen molar-refractivity contribution in [2.24, 2.45) is 0 Å². The van der Waals surface area contributed by atoms with Crippen LogP contribution in [0, 0.1) is 0 Å². The Morgan fingerprint density at radius 1 is 1.29 bits per heavy atom. The predicted molar refractivity (Wildman–Crippen MR) is 90.0 cm³/mol. The first-order valence-corrected chi connectivity index (χ1v) is 7.63. The number of carbonyl (C=O) groups excluding carboxylic acids is 1. The first-order chi connectivity index (χ1) is 11.7. The minimum atomic E-state index is -0.304. The third-order valence-electron chi connectivity index (χ3n) is 3.32. The molecule has 24 heavy (non-hydrogen) atoms. The Morgan fingerprint density at radius 3 is 2.92 bits per heavy atom. The van der Waals surface area contributed by atoms with E-state index in [1.165, 1.54) is 4.68 Å². The summed E-state index contributed by atoms with van der Waals surface area (Å²) in [4.78, 5) is 12.2. The molecule has 124 valence electrons. The molecule has 2 heterocycles. The molecule has 2 aromatic heterocycles. The maximum atomic E-state index is 12.2. The Bertz CT molecular complexity index is 842. The minimum Gasteiger partial charge on any atom is -0.362 e. The van der Waals surface area contributed by atoms with E-state index in [2.05, 4.69) is 15.5 Å². The molecule has 1 N–H and O–H groups in total. The number of nitrogens with zero attached hydrogens (tertiary/aromatic N) is 4. The predicted octanol–water partition coefficient (Wildman–Crippen LogP) is 2.64. The number of anilines is 1. The molecule has 3 rings (SSSR count). The van der Waals surface area contributed by atoms with Gasteiger partial charge in [-0.3, -0.25) is 9.48 Å². The van der Waals surface area contributed by atoms with Gasteiger partial charge in [-0.1, -0.05) is 29.8 Å². The summed E-state index contributed by atoms with van der Waals surface area (Å²) in [5.74, 6) is -0.304. The minimum absolute atomic E-state index is 0.295. The van der Waals surface area contributed by atoms with Crippen molar-refractivity contribution in [3.8, 4) is 0 Å². The van der Waals surface area contributed by atoms with Gasteiger partial charge in [0.1, 0.15) is 6.73 Å². The summed E-state index contributed by atoms with van der Waals surface area (Å²) in [6.07, 6.45) is 5.01. The molecule has 0 unspecified atom stereocenters. The van der Waals surface area contributed by atoms with Crippen molar-refractivity contribution in [3.63, 3.8) is 0 Å². The quantitative estimate of drug-likeness (QED) is 0.745. The van der Waals surface area contributed by atoms with Crippen LogP contribution in [0.2, 0.25) is 5.02 Å². The summed E-state index contributed by atoms with van der Waals surface area (Å²) in [5, 5.41) is 11.8. The number of carbonyl (C=O) groups is 1. The molecule has 0 fully saturated rings. The van der Waals surface area contributed by atoms with Crippen molar-refractivity contribution in [2.75, 3.05) is 12.4 Å². The first kappa shape index (κ1) is 16.2. The topological polar surface area (TPSA) is 74.0 Å². The lowest BCUT2D eigenvalue weighted by Gasteiger charge is -2.04. The maximum absolute atomic E-state index is 12.2. The van der Waals surface area contributed by atoms with E-state index in [9.17, 15) is 4.79 Å². The van der Waals surface area contributed by atoms with E-state index in [1.54, 1.807) is 36.4 Å². The normalized spacial score (nSPS) is 10.8. The van der Waals surface area contributed by atoms with Gasteiger partial charge in [0, 0.05) is 24.5 Å². The summed E-state index contributed by atoms with van der Waals surface area (Å²) in [6.45, 7) is 0.820. The zero-order valence-electron chi connectivity index (χ0n) is 13.0. The van der Waals surface area contributed by atoms with Gasteiger partial charge in [-0.2, -0.15) is 10.2 Å². The second-order valence-electron chi connectivity index (χ2n) is 5.13. The lowest BCUT2D eigenvalue weighted by atomic mass is 10.2. The average molecular weight is 346 g/mol. The standard InChI is InChI=1S/C16H16ClN5O2/c1-24-11-21-7-6-15(20-21)16(23)19-13-8-18-22(10-13)9-12-4-2-3-5-14(12)17/h2-8,10H,9,11H2,1H3,(H,19,23). The smallest absolute Gasteiger partial charge is 0.276 e. The summed E-state index contributed by atoms with van der Waals surface area (Å²) in [5.41, 5.74) is 1.86. The summed E-state index contributed by atoms with van der Waals surface area (Å²) in [7, 11) is 1.56. The van der Waals surface area contributed by atoms with Crippen molar-refractivity contribution < 1.29 is 9.53 Å². The van der Waals surface area contributed by atoms with Gasteiger partial charge in [0.05, 0.1) is 18.4 Å². The second kappa shape index (κ2) is 7.29. The summed E-state index contributed by atoms with van der Waals surface area (Å²) in [6, 6.07) is 9.19. The van der Waals surface area contributed by atoms with Gasteiger partial charge in [0.15, 0.2) is 5.69 Å². The fraction of sp³-hybridized carbons (Fsp3) is 0.188. The Labute approximate surface area is 143 Å². The highest BCUT2D eigenvalue weighted by atomic mass is 35.5. The largest absolute Gasteiger partial charge is 0.362 e. The number of rotatable bonds is 6. The molecule has 0 spiro atoms. The van der Waals surface area contributed by atoms with Gasteiger partial charge in [0.2, 0.25) is 0 Å². The van der Waals surface area contributed by atoms with E-state index in [1.807, 2.05) is 24.3 Å². The van der Waals surface area contributed by atoms with Crippen LogP contribution in [0.1, 0.15) is 16.1 Å². The van der Waals surface area contributed by atoms with Gasteiger partial charge in [-0.05, 0) is 17.7 Å². The lowest BCUT2D eigenvalue weighted by molar-refractivity contribution is 0.101. The third-order valence-corrected chi connectivity index (χ3v) is 3.68. The maximum Gasteiger partial charge on any atom is 0.276 e. The van der Waals surface area contributed by atoms with Crippen molar-refractivity contribution in [3.05, 3.63) is 65.2 Å². The van der Waals surface area contributed by atoms with Crippen LogP contribution < -0.4 is 5.32 Å². The molecule has 0 radical (unpaired) electrons. The molecule has 8 heteroatoms. The van der Waals surface area contributed by atoms with E-state index >= 15 is 0 Å². The van der Waals surface area contributed by atoms with Crippen LogP contribution in [0.25, 0.3) is 0 Å². The molecule has 7 nitrogen and oxygen atoms in total. The van der Waals surface area contributed by atoms with Crippen molar-refractivity contribution in [1.29, 1.82) is 0 Å². The molecule has 1 aromatic carbocycles. The summed E-state index contributed by atoms with van der Waals surface area (Å²) < 4.78 is 8.20. The zero-order valence-corrected chi connectivity index (χ0v) is 13.8. The van der Waals surface area contributed by atoms with Gasteiger partial charge in [-0.25, -0.2) is 4.68 Å². The average Bonchev–Trinajstić information content (AvgIpc) is 3.20. The number of nitrogens with one attached hydrogen (secondary N) is 1. The highest BCUT2D eigenvalue weighted by Gasteiger charge is 2.11. The molecule has 0 aliphatic carbocycles. The number of ether oxygens (including phenoxy) is 1. The lowest BCUT2D eigenvalue weighted by Crippen LogP contribution is -2.13. The number of aromatic nitrogens is 4. The van der Waals surface area contributed by atoms with Crippen LogP contribution in [-0.2, 0) is 18.0 Å². The van der Waals surface area contributed by atoms with Crippen molar-refractivity contribution in [2.45, 2.75) is 13.3 Å². The Balaban J connectivity index is 1.65. The van der Waals surface area contributed by atoms with E-state index in [0.29, 0.717) is 29.7 Å². The highest BCUT2D eigenvalue weighted by molar-refractivity contribution is 6.31. The van der Waals surface area contributed by atoms with Gasteiger partial charge in [-0.15, -0.1) is 0 Å². The van der Waals surface area contributed by atoms with E-state index in [-0.39, 0.29) is 5.91 Å².